The van der Waals surface area contributed by atoms with Crippen LogP contribution in [0.2, 0.25) is 0 Å². The van der Waals surface area contributed by atoms with E-state index in [1.54, 1.807) is 32.0 Å². The van der Waals surface area contributed by atoms with Gasteiger partial charge in [0.25, 0.3) is 5.91 Å². The van der Waals surface area contributed by atoms with Gasteiger partial charge in [0.1, 0.15) is 17.5 Å². The Morgan fingerprint density at radius 2 is 1.72 bits per heavy atom. The molecule has 2 aromatic carbocycles. The lowest BCUT2D eigenvalue weighted by molar-refractivity contribution is -0.159. The zero-order chi connectivity index (χ0) is 20.8. The van der Waals surface area contributed by atoms with Gasteiger partial charge in [-0.25, -0.2) is 4.79 Å². The summed E-state index contributed by atoms with van der Waals surface area (Å²) in [5.74, 6) is -1.76. The van der Waals surface area contributed by atoms with Gasteiger partial charge in [0, 0.05) is 10.4 Å². The minimum absolute atomic E-state index is 0.359. The van der Waals surface area contributed by atoms with Gasteiger partial charge in [0.2, 0.25) is 5.91 Å². The van der Waals surface area contributed by atoms with Crippen LogP contribution < -0.4 is 10.6 Å². The van der Waals surface area contributed by atoms with E-state index in [2.05, 4.69) is 10.6 Å². The van der Waals surface area contributed by atoms with Crippen molar-refractivity contribution in [3.8, 4) is 0 Å². The number of aliphatic carboxylic acids is 1. The predicted octanol–water partition coefficient (Wildman–Crippen LogP) is 2.68. The summed E-state index contributed by atoms with van der Waals surface area (Å²) in [4.78, 5) is 38.5. The molecule has 7 nitrogen and oxygen atoms in total. The molecule has 2 aromatic rings. The Kier molecular flexibility index (Phi) is 4.74. The molecule has 3 unspecified atom stereocenters. The summed E-state index contributed by atoms with van der Waals surface area (Å²) < 4.78 is -0.627. The number of fused-ring (bicyclic) bond motifs is 1. The number of carboxylic acids is 1. The van der Waals surface area contributed by atoms with Crippen LogP contribution in [-0.2, 0) is 9.59 Å². The molecule has 0 aromatic heterocycles. The molecule has 8 heteroatoms. The van der Waals surface area contributed by atoms with Crippen LogP contribution in [-0.4, -0.2) is 50.0 Å². The molecule has 0 bridgehead atoms. The highest BCUT2D eigenvalue weighted by Crippen LogP contribution is 2.50. The fraction of sp³-hybridized carbons (Fsp3) is 0.286. The molecule has 2 saturated heterocycles. The van der Waals surface area contributed by atoms with E-state index in [9.17, 15) is 19.5 Å². The molecule has 150 valence electrons. The molecule has 0 saturated carbocycles. The number of rotatable bonds is 5. The quantitative estimate of drug-likeness (QED) is 0.655. The van der Waals surface area contributed by atoms with E-state index >= 15 is 0 Å². The summed E-state index contributed by atoms with van der Waals surface area (Å²) in [6, 6.07) is 14.9. The van der Waals surface area contributed by atoms with Gasteiger partial charge >= 0.3 is 5.97 Å². The number of hydrogen-bond acceptors (Lipinski definition) is 5. The average Bonchev–Trinajstić information content (AvgIpc) is 2.95. The molecule has 2 fully saturated rings. The second-order valence-electron chi connectivity index (χ2n) is 7.59. The topological polar surface area (TPSA) is 98.7 Å². The third-order valence-corrected chi connectivity index (χ3v) is 6.76. The predicted molar refractivity (Wildman–Crippen MR) is 111 cm³/mol. The number of nitrogens with zero attached hydrogens (tertiary/aromatic N) is 1. The second-order valence-corrected chi connectivity index (χ2v) is 9.36. The van der Waals surface area contributed by atoms with Gasteiger partial charge in [0.15, 0.2) is 0 Å². The number of carboxylic acid groups (broad SMARTS) is 1. The van der Waals surface area contributed by atoms with E-state index < -0.39 is 22.8 Å². The largest absolute Gasteiger partial charge is 0.480 e. The lowest BCUT2D eigenvalue weighted by Crippen LogP contribution is -2.70. The van der Waals surface area contributed by atoms with E-state index in [4.69, 9.17) is 0 Å². The Hall–Kier alpha value is -3.00. The number of nitrogens with one attached hydrogen (secondary N) is 2. The Balaban J connectivity index is 1.52. The van der Waals surface area contributed by atoms with Crippen LogP contribution in [0.1, 0.15) is 24.2 Å². The van der Waals surface area contributed by atoms with Crippen LogP contribution in [0.4, 0.5) is 11.4 Å². The standard InChI is InChI=1S/C21H21N3O4S/c1-21(2)16(20(27)28)24-18(26)15(19(24)29-21)23-17(25)13-10-6-7-11-14(13)22-12-8-4-3-5-9-12/h3-11,15-16,19,22H,1-2H3,(H,23,25)(H,27,28). The van der Waals surface area contributed by atoms with Crippen molar-refractivity contribution in [3.63, 3.8) is 0 Å². The van der Waals surface area contributed by atoms with E-state index in [0.29, 0.717) is 11.3 Å². The maximum Gasteiger partial charge on any atom is 0.327 e. The molecular weight excluding hydrogens is 390 g/mol. The van der Waals surface area contributed by atoms with Gasteiger partial charge in [0.05, 0.1) is 11.3 Å². The van der Waals surface area contributed by atoms with Crippen LogP contribution in [0.25, 0.3) is 0 Å². The number of β-lactam (4-membered cyclic amide) rings is 1. The van der Waals surface area contributed by atoms with Gasteiger partial charge in [-0.1, -0.05) is 30.3 Å². The molecular formula is C21H21N3O4S. The SMILES string of the molecule is CC1(C)SC2C(NC(=O)c3ccccc3Nc3ccccc3)C(=O)N2C1C(=O)O. The van der Waals surface area contributed by atoms with Crippen molar-refractivity contribution in [2.75, 3.05) is 5.32 Å². The number of benzene rings is 2. The molecule has 0 radical (unpaired) electrons. The highest BCUT2D eigenvalue weighted by Gasteiger charge is 2.64. The van der Waals surface area contributed by atoms with Gasteiger partial charge in [-0.15, -0.1) is 11.8 Å². The molecule has 2 aliphatic rings. The van der Waals surface area contributed by atoms with Crippen molar-refractivity contribution in [1.82, 2.24) is 10.2 Å². The van der Waals surface area contributed by atoms with Crippen LogP contribution in [0.15, 0.2) is 54.6 Å². The summed E-state index contributed by atoms with van der Waals surface area (Å²) >= 11 is 1.40. The summed E-state index contributed by atoms with van der Waals surface area (Å²) in [6.45, 7) is 3.61. The van der Waals surface area contributed by atoms with Crippen LogP contribution in [0.5, 0.6) is 0 Å². The number of hydrogen-bond donors (Lipinski definition) is 3. The van der Waals surface area contributed by atoms with Crippen LogP contribution in [0, 0.1) is 0 Å². The highest BCUT2D eigenvalue weighted by molar-refractivity contribution is 8.01. The fourth-order valence-electron chi connectivity index (χ4n) is 3.83. The summed E-state index contributed by atoms with van der Waals surface area (Å²) in [5, 5.41) is 15.1. The van der Waals surface area contributed by atoms with E-state index in [-0.39, 0.29) is 17.2 Å². The summed E-state index contributed by atoms with van der Waals surface area (Å²) in [6.07, 6.45) is 0. The van der Waals surface area contributed by atoms with Gasteiger partial charge < -0.3 is 20.6 Å². The molecule has 2 aliphatic heterocycles. The van der Waals surface area contributed by atoms with Crippen molar-refractivity contribution in [2.45, 2.75) is 36.1 Å². The highest BCUT2D eigenvalue weighted by atomic mass is 32.2. The summed E-state index contributed by atoms with van der Waals surface area (Å²) in [5.41, 5.74) is 1.89. The van der Waals surface area contributed by atoms with Crippen LogP contribution >= 0.6 is 11.8 Å². The maximum atomic E-state index is 12.9. The molecule has 0 spiro atoms. The smallest absolute Gasteiger partial charge is 0.327 e. The first kappa shape index (κ1) is 19.3. The third kappa shape index (κ3) is 3.33. The Labute approximate surface area is 172 Å². The lowest BCUT2D eigenvalue weighted by Gasteiger charge is -2.43. The first-order valence-electron chi connectivity index (χ1n) is 9.24. The zero-order valence-corrected chi connectivity index (χ0v) is 16.8. The number of para-hydroxylation sites is 2. The Bertz CT molecular complexity index is 979. The van der Waals surface area contributed by atoms with Gasteiger partial charge in [-0.2, -0.15) is 0 Å². The molecule has 2 amide bonds. The van der Waals surface area contributed by atoms with Crippen molar-refractivity contribution in [2.24, 2.45) is 0 Å². The van der Waals surface area contributed by atoms with Gasteiger partial charge in [-0.3, -0.25) is 9.59 Å². The molecule has 0 aliphatic carbocycles. The average molecular weight is 411 g/mol. The second kappa shape index (κ2) is 7.11. The zero-order valence-electron chi connectivity index (χ0n) is 16.0. The minimum atomic E-state index is -1.03. The van der Waals surface area contributed by atoms with Gasteiger partial charge in [-0.05, 0) is 38.1 Å². The number of anilines is 2. The Morgan fingerprint density at radius 3 is 2.41 bits per heavy atom. The van der Waals surface area contributed by atoms with Crippen molar-refractivity contribution >= 4 is 40.9 Å². The Morgan fingerprint density at radius 1 is 1.07 bits per heavy atom. The monoisotopic (exact) mass is 411 g/mol. The molecule has 2 heterocycles. The van der Waals surface area contributed by atoms with Crippen LogP contribution in [0.3, 0.4) is 0 Å². The van der Waals surface area contributed by atoms with Crippen molar-refractivity contribution < 1.29 is 19.5 Å². The van der Waals surface area contributed by atoms with Crippen molar-refractivity contribution in [1.29, 1.82) is 0 Å². The molecule has 4 rings (SSSR count). The third-order valence-electron chi connectivity index (χ3n) is 5.19. The number of thioether (sulfide) groups is 1. The summed E-state index contributed by atoms with van der Waals surface area (Å²) in [7, 11) is 0. The maximum absolute atomic E-state index is 12.9. The molecule has 3 N–H and O–H groups in total. The normalized spacial score (nSPS) is 24.4. The number of amides is 2. The lowest BCUT2D eigenvalue weighted by atomic mass is 9.96. The molecule has 29 heavy (non-hydrogen) atoms. The van der Waals surface area contributed by atoms with E-state index in [1.807, 2.05) is 36.4 Å². The minimum Gasteiger partial charge on any atom is -0.480 e. The van der Waals surface area contributed by atoms with Crippen molar-refractivity contribution in [3.05, 3.63) is 60.2 Å². The van der Waals surface area contributed by atoms with E-state index in [1.165, 1.54) is 16.7 Å². The molecule has 3 atom stereocenters. The first-order chi connectivity index (χ1) is 13.8. The first-order valence-corrected chi connectivity index (χ1v) is 10.1. The fourth-order valence-corrected chi connectivity index (χ4v) is 5.46. The number of carbonyl (C=O) groups excluding carboxylic acids is 2. The van der Waals surface area contributed by atoms with E-state index in [0.717, 1.165) is 5.69 Å². The number of carbonyl (C=O) groups is 3.